The van der Waals surface area contributed by atoms with Crippen molar-refractivity contribution < 1.29 is 14.6 Å². The number of carbonyl (C=O) groups excluding carboxylic acids is 1. The summed E-state index contributed by atoms with van der Waals surface area (Å²) in [5.74, 6) is 0.364. The number of nitrogens with zero attached hydrogens (tertiary/aromatic N) is 1. The third-order valence-electron chi connectivity index (χ3n) is 4.07. The van der Waals surface area contributed by atoms with Crippen LogP contribution in [0.4, 0.5) is 0 Å². The lowest BCUT2D eigenvalue weighted by atomic mass is 10.0. The van der Waals surface area contributed by atoms with Crippen molar-refractivity contribution in [3.63, 3.8) is 0 Å². The molecular formula is C20H20N2O3. The van der Waals surface area contributed by atoms with Crippen molar-refractivity contribution in [2.45, 2.75) is 12.5 Å². The van der Waals surface area contributed by atoms with E-state index in [2.05, 4.69) is 10.3 Å². The van der Waals surface area contributed by atoms with Crippen LogP contribution >= 0.6 is 0 Å². The van der Waals surface area contributed by atoms with Gasteiger partial charge >= 0.3 is 0 Å². The van der Waals surface area contributed by atoms with Crippen LogP contribution in [0.15, 0.2) is 60.8 Å². The molecule has 0 aliphatic rings. The zero-order chi connectivity index (χ0) is 17.6. The molecule has 5 nitrogen and oxygen atoms in total. The third kappa shape index (κ3) is 3.95. The molecule has 0 bridgehead atoms. The highest BCUT2D eigenvalue weighted by molar-refractivity contribution is 5.86. The lowest BCUT2D eigenvalue weighted by molar-refractivity contribution is -0.121. The largest absolute Gasteiger partial charge is 0.495 e. The van der Waals surface area contributed by atoms with Crippen molar-refractivity contribution >= 4 is 16.7 Å². The lowest BCUT2D eigenvalue weighted by Gasteiger charge is -2.15. The highest BCUT2D eigenvalue weighted by Gasteiger charge is 2.14. The van der Waals surface area contributed by atoms with Crippen LogP contribution in [0.5, 0.6) is 5.75 Å². The summed E-state index contributed by atoms with van der Waals surface area (Å²) in [6.45, 7) is 0.141. The molecule has 1 aromatic heterocycles. The Morgan fingerprint density at radius 1 is 1.16 bits per heavy atom. The van der Waals surface area contributed by atoms with Gasteiger partial charge in [-0.15, -0.1) is 0 Å². The molecule has 128 valence electrons. The molecule has 0 radical (unpaired) electrons. The number of ether oxygens (including phenoxy) is 1. The number of nitrogens with one attached hydrogen (secondary N) is 1. The smallest absolute Gasteiger partial charge is 0.226 e. The highest BCUT2D eigenvalue weighted by Crippen LogP contribution is 2.24. The lowest BCUT2D eigenvalue weighted by Crippen LogP contribution is -2.30. The average molecular weight is 336 g/mol. The maximum Gasteiger partial charge on any atom is 0.226 e. The van der Waals surface area contributed by atoms with Crippen molar-refractivity contribution in [1.29, 1.82) is 0 Å². The first kappa shape index (κ1) is 16.9. The first-order valence-corrected chi connectivity index (χ1v) is 8.09. The molecular weight excluding hydrogens is 316 g/mol. The number of pyridine rings is 1. The van der Waals surface area contributed by atoms with E-state index in [4.69, 9.17) is 4.74 Å². The number of benzene rings is 2. The first-order chi connectivity index (χ1) is 12.2. The standard InChI is InChI=1S/C20H20N2O3/c1-25-19-10-5-11-21-17(19)12-20(24)22-13-18(23)16-9-4-7-14-6-2-3-8-15(14)16/h2-11,18,23H,12-13H2,1H3,(H,22,24). The van der Waals surface area contributed by atoms with Crippen molar-refractivity contribution in [1.82, 2.24) is 10.3 Å². The number of fused-ring (bicyclic) bond motifs is 1. The molecule has 0 fully saturated rings. The normalized spacial score (nSPS) is 11.9. The van der Waals surface area contributed by atoms with E-state index >= 15 is 0 Å². The van der Waals surface area contributed by atoms with Crippen LogP contribution in [0.2, 0.25) is 0 Å². The SMILES string of the molecule is COc1cccnc1CC(=O)NCC(O)c1cccc2ccccc12. The van der Waals surface area contributed by atoms with E-state index in [9.17, 15) is 9.90 Å². The maximum atomic E-state index is 12.2. The van der Waals surface area contributed by atoms with Gasteiger partial charge in [0.1, 0.15) is 5.75 Å². The third-order valence-corrected chi connectivity index (χ3v) is 4.07. The van der Waals surface area contributed by atoms with Crippen LogP contribution < -0.4 is 10.1 Å². The predicted molar refractivity (Wildman–Crippen MR) is 96.4 cm³/mol. The van der Waals surface area contributed by atoms with Gasteiger partial charge in [0, 0.05) is 12.7 Å². The minimum absolute atomic E-state index is 0.103. The summed E-state index contributed by atoms with van der Waals surface area (Å²) in [4.78, 5) is 16.3. The molecule has 1 heterocycles. The minimum atomic E-state index is -0.777. The number of aliphatic hydroxyl groups is 1. The van der Waals surface area contributed by atoms with E-state index in [1.54, 1.807) is 25.4 Å². The number of aliphatic hydroxyl groups excluding tert-OH is 1. The average Bonchev–Trinajstić information content (AvgIpc) is 2.66. The summed E-state index contributed by atoms with van der Waals surface area (Å²) in [6.07, 6.45) is 0.947. The van der Waals surface area contributed by atoms with Crippen LogP contribution in [0.3, 0.4) is 0 Å². The number of methoxy groups -OCH3 is 1. The zero-order valence-corrected chi connectivity index (χ0v) is 14.0. The fourth-order valence-electron chi connectivity index (χ4n) is 2.82. The molecule has 0 spiro atoms. The maximum absolute atomic E-state index is 12.2. The zero-order valence-electron chi connectivity index (χ0n) is 14.0. The highest BCUT2D eigenvalue weighted by atomic mass is 16.5. The molecule has 25 heavy (non-hydrogen) atoms. The monoisotopic (exact) mass is 336 g/mol. The van der Waals surface area contributed by atoms with E-state index < -0.39 is 6.10 Å². The topological polar surface area (TPSA) is 71.5 Å². The molecule has 1 unspecified atom stereocenters. The predicted octanol–water partition coefficient (Wildman–Crippen LogP) is 2.64. The molecule has 3 rings (SSSR count). The fraction of sp³-hybridized carbons (Fsp3) is 0.200. The molecule has 0 saturated carbocycles. The summed E-state index contributed by atoms with van der Waals surface area (Å²) in [7, 11) is 1.54. The quantitative estimate of drug-likeness (QED) is 0.726. The van der Waals surface area contributed by atoms with Gasteiger partial charge in [-0.25, -0.2) is 0 Å². The van der Waals surface area contributed by atoms with Crippen LogP contribution in [-0.2, 0) is 11.2 Å². The molecule has 0 aliphatic carbocycles. The number of hydrogen-bond acceptors (Lipinski definition) is 4. The summed E-state index contributed by atoms with van der Waals surface area (Å²) >= 11 is 0. The number of aromatic nitrogens is 1. The molecule has 2 N–H and O–H groups in total. The molecule has 5 heteroatoms. The van der Waals surface area contributed by atoms with Gasteiger partial charge in [0.15, 0.2) is 0 Å². The van der Waals surface area contributed by atoms with Gasteiger partial charge in [-0.2, -0.15) is 0 Å². The van der Waals surface area contributed by atoms with Crippen molar-refractivity contribution in [3.8, 4) is 5.75 Å². The Hall–Kier alpha value is -2.92. The Labute approximate surface area is 146 Å². The minimum Gasteiger partial charge on any atom is -0.495 e. The van der Waals surface area contributed by atoms with E-state index in [-0.39, 0.29) is 18.9 Å². The molecule has 2 aromatic carbocycles. The second-order valence-corrected chi connectivity index (χ2v) is 5.72. The van der Waals surface area contributed by atoms with Crippen LogP contribution in [-0.4, -0.2) is 29.7 Å². The Balaban J connectivity index is 1.65. The molecule has 0 saturated heterocycles. The van der Waals surface area contributed by atoms with Crippen LogP contribution in [0.1, 0.15) is 17.4 Å². The van der Waals surface area contributed by atoms with Crippen molar-refractivity contribution in [2.24, 2.45) is 0 Å². The molecule has 1 amide bonds. The van der Waals surface area contributed by atoms with Gasteiger partial charge in [-0.05, 0) is 28.5 Å². The van der Waals surface area contributed by atoms with Crippen molar-refractivity contribution in [3.05, 3.63) is 72.1 Å². The molecule has 3 aromatic rings. The van der Waals surface area contributed by atoms with E-state index in [0.29, 0.717) is 11.4 Å². The van der Waals surface area contributed by atoms with E-state index in [1.165, 1.54) is 0 Å². The van der Waals surface area contributed by atoms with Crippen LogP contribution in [0, 0.1) is 0 Å². The fourth-order valence-corrected chi connectivity index (χ4v) is 2.82. The number of carbonyl (C=O) groups is 1. The van der Waals surface area contributed by atoms with Gasteiger partial charge in [0.05, 0.1) is 25.3 Å². The molecule has 0 aliphatic heterocycles. The Bertz CT molecular complexity index is 874. The summed E-state index contributed by atoms with van der Waals surface area (Å²) in [5.41, 5.74) is 1.37. The number of hydrogen-bond donors (Lipinski definition) is 2. The Morgan fingerprint density at radius 3 is 2.80 bits per heavy atom. The summed E-state index contributed by atoms with van der Waals surface area (Å²) in [5, 5.41) is 15.3. The second kappa shape index (κ2) is 7.77. The Morgan fingerprint density at radius 2 is 1.96 bits per heavy atom. The van der Waals surface area contributed by atoms with Crippen molar-refractivity contribution in [2.75, 3.05) is 13.7 Å². The number of rotatable bonds is 6. The van der Waals surface area contributed by atoms with Crippen LogP contribution in [0.25, 0.3) is 10.8 Å². The van der Waals surface area contributed by atoms with Gasteiger partial charge < -0.3 is 15.2 Å². The summed E-state index contributed by atoms with van der Waals surface area (Å²) < 4.78 is 5.20. The summed E-state index contributed by atoms with van der Waals surface area (Å²) in [6, 6.07) is 17.2. The molecule has 1 atom stereocenters. The first-order valence-electron chi connectivity index (χ1n) is 8.09. The Kier molecular flexibility index (Phi) is 5.26. The number of amides is 1. The van der Waals surface area contributed by atoms with E-state index in [1.807, 2.05) is 42.5 Å². The van der Waals surface area contributed by atoms with Gasteiger partial charge in [-0.3, -0.25) is 9.78 Å². The van der Waals surface area contributed by atoms with Gasteiger partial charge in [0.25, 0.3) is 0 Å². The van der Waals surface area contributed by atoms with Gasteiger partial charge in [-0.1, -0.05) is 42.5 Å². The van der Waals surface area contributed by atoms with Gasteiger partial charge in [0.2, 0.25) is 5.91 Å². The second-order valence-electron chi connectivity index (χ2n) is 5.72. The van der Waals surface area contributed by atoms with E-state index in [0.717, 1.165) is 16.3 Å².